The average Bonchev–Trinajstić information content (AvgIpc) is 2.28. The molecule has 0 aliphatic carbocycles. The van der Waals surface area contributed by atoms with Crippen LogP contribution in [0.3, 0.4) is 0 Å². The van der Waals surface area contributed by atoms with Crippen LogP contribution in [-0.4, -0.2) is 55.0 Å². The van der Waals surface area contributed by atoms with Gasteiger partial charge in [-0.2, -0.15) is 0 Å². The molecule has 1 heterocycles. The first-order chi connectivity index (χ1) is 7.60. The van der Waals surface area contributed by atoms with Crippen LogP contribution in [0.2, 0.25) is 0 Å². The number of likely N-dealkylation sites (tertiary alicyclic amines) is 1. The molecule has 0 bridgehead atoms. The van der Waals surface area contributed by atoms with Gasteiger partial charge in [0.05, 0.1) is 32.3 Å². The Kier molecular flexibility index (Phi) is 4.54. The maximum absolute atomic E-state index is 11.4. The van der Waals surface area contributed by atoms with Gasteiger partial charge in [0.2, 0.25) is 0 Å². The normalized spacial score (nSPS) is 25.1. The Morgan fingerprint density at radius 2 is 2.19 bits per heavy atom. The largest absolute Gasteiger partial charge is 0.466 e. The standard InChI is InChI=1S/C10H17NO5/c1-3-16-9(13)7-4-5-11(6-8(7)12)10(14)15-2/h7-8,12H,3-6H2,1-2H3/t7-,8+/m1/s1. The first-order valence-electron chi connectivity index (χ1n) is 5.27. The van der Waals surface area contributed by atoms with E-state index in [4.69, 9.17) is 4.74 Å². The van der Waals surface area contributed by atoms with Gasteiger partial charge in [-0.3, -0.25) is 4.79 Å². The Bertz CT molecular complexity index is 268. The number of aliphatic hydroxyl groups excluding tert-OH is 1. The average molecular weight is 231 g/mol. The summed E-state index contributed by atoms with van der Waals surface area (Å²) < 4.78 is 9.38. The maximum atomic E-state index is 11.4. The minimum absolute atomic E-state index is 0.107. The van der Waals surface area contributed by atoms with E-state index in [2.05, 4.69) is 4.74 Å². The molecule has 6 heteroatoms. The van der Waals surface area contributed by atoms with Crippen LogP contribution in [0.5, 0.6) is 0 Å². The molecule has 1 saturated heterocycles. The summed E-state index contributed by atoms with van der Waals surface area (Å²) in [5.41, 5.74) is 0. The molecular weight excluding hydrogens is 214 g/mol. The van der Waals surface area contributed by atoms with Gasteiger partial charge in [0, 0.05) is 6.54 Å². The monoisotopic (exact) mass is 231 g/mol. The lowest BCUT2D eigenvalue weighted by Gasteiger charge is -2.33. The van der Waals surface area contributed by atoms with Gasteiger partial charge in [0.25, 0.3) is 0 Å². The zero-order valence-corrected chi connectivity index (χ0v) is 9.51. The molecule has 0 aromatic carbocycles. The number of nitrogens with zero attached hydrogens (tertiary/aromatic N) is 1. The molecule has 1 aliphatic rings. The molecule has 1 fully saturated rings. The van der Waals surface area contributed by atoms with Crippen molar-refractivity contribution < 1.29 is 24.2 Å². The molecule has 0 aromatic rings. The summed E-state index contributed by atoms with van der Waals surface area (Å²) in [4.78, 5) is 24.0. The van der Waals surface area contributed by atoms with Gasteiger partial charge in [-0.25, -0.2) is 4.79 Å². The van der Waals surface area contributed by atoms with Crippen LogP contribution in [-0.2, 0) is 14.3 Å². The minimum atomic E-state index is -0.883. The number of carbonyl (C=O) groups excluding carboxylic acids is 2. The number of aliphatic hydroxyl groups is 1. The predicted molar refractivity (Wildman–Crippen MR) is 54.7 cm³/mol. The van der Waals surface area contributed by atoms with E-state index in [1.54, 1.807) is 6.92 Å². The number of β-amino-alcohol motifs (C(OH)–C–C–N with tert-alkyl or cyclic N) is 1. The predicted octanol–water partition coefficient (Wildman–Crippen LogP) is -0.00130. The quantitative estimate of drug-likeness (QED) is 0.677. The van der Waals surface area contributed by atoms with Crippen molar-refractivity contribution in [3.8, 4) is 0 Å². The molecule has 1 rings (SSSR count). The first-order valence-corrected chi connectivity index (χ1v) is 5.27. The molecule has 0 aromatic heterocycles. The van der Waals surface area contributed by atoms with Crippen LogP contribution >= 0.6 is 0 Å². The highest BCUT2D eigenvalue weighted by Gasteiger charge is 2.35. The van der Waals surface area contributed by atoms with Gasteiger partial charge >= 0.3 is 12.1 Å². The number of amides is 1. The molecule has 6 nitrogen and oxygen atoms in total. The van der Waals surface area contributed by atoms with Crippen molar-refractivity contribution in [1.29, 1.82) is 0 Å². The van der Waals surface area contributed by atoms with Crippen molar-refractivity contribution in [1.82, 2.24) is 4.90 Å². The van der Waals surface area contributed by atoms with Gasteiger partial charge < -0.3 is 19.5 Å². The van der Waals surface area contributed by atoms with Crippen molar-refractivity contribution >= 4 is 12.1 Å². The number of esters is 1. The number of ether oxygens (including phenoxy) is 2. The van der Waals surface area contributed by atoms with Crippen molar-refractivity contribution in [2.24, 2.45) is 5.92 Å². The van der Waals surface area contributed by atoms with Crippen LogP contribution in [0, 0.1) is 5.92 Å². The minimum Gasteiger partial charge on any atom is -0.466 e. The number of rotatable bonds is 2. The van der Waals surface area contributed by atoms with Crippen molar-refractivity contribution in [2.75, 3.05) is 26.8 Å². The Morgan fingerprint density at radius 3 is 2.69 bits per heavy atom. The lowest BCUT2D eigenvalue weighted by atomic mass is 9.94. The summed E-state index contributed by atoms with van der Waals surface area (Å²) in [7, 11) is 1.28. The first kappa shape index (κ1) is 12.8. The maximum Gasteiger partial charge on any atom is 0.409 e. The third-order valence-corrected chi connectivity index (χ3v) is 2.60. The molecule has 0 saturated carbocycles. The summed E-state index contributed by atoms with van der Waals surface area (Å²) in [6.45, 7) is 2.51. The molecule has 1 N–H and O–H groups in total. The number of hydrogen-bond donors (Lipinski definition) is 1. The number of piperidine rings is 1. The van der Waals surface area contributed by atoms with Crippen molar-refractivity contribution in [3.05, 3.63) is 0 Å². The summed E-state index contributed by atoms with van der Waals surface area (Å²) in [5, 5.41) is 9.73. The van der Waals surface area contributed by atoms with E-state index in [9.17, 15) is 14.7 Å². The Hall–Kier alpha value is -1.30. The highest BCUT2D eigenvalue weighted by molar-refractivity contribution is 5.74. The molecule has 0 radical (unpaired) electrons. The Balaban J connectivity index is 2.52. The molecule has 2 atom stereocenters. The second-order valence-corrected chi connectivity index (χ2v) is 3.63. The zero-order chi connectivity index (χ0) is 12.1. The summed E-state index contributed by atoms with van der Waals surface area (Å²) >= 11 is 0. The zero-order valence-electron chi connectivity index (χ0n) is 9.51. The number of hydrogen-bond acceptors (Lipinski definition) is 5. The lowest BCUT2D eigenvalue weighted by molar-refractivity contribution is -0.154. The van der Waals surface area contributed by atoms with Crippen LogP contribution in [0.25, 0.3) is 0 Å². The van der Waals surface area contributed by atoms with Crippen molar-refractivity contribution in [3.63, 3.8) is 0 Å². The highest BCUT2D eigenvalue weighted by atomic mass is 16.5. The number of methoxy groups -OCH3 is 1. The molecule has 0 unspecified atom stereocenters. The number of carbonyl (C=O) groups is 2. The van der Waals surface area contributed by atoms with E-state index < -0.39 is 24.1 Å². The molecule has 16 heavy (non-hydrogen) atoms. The second-order valence-electron chi connectivity index (χ2n) is 3.63. The fraction of sp³-hybridized carbons (Fsp3) is 0.800. The van der Waals surface area contributed by atoms with Gasteiger partial charge in [0.1, 0.15) is 0 Å². The smallest absolute Gasteiger partial charge is 0.409 e. The molecule has 1 aliphatic heterocycles. The van der Waals surface area contributed by atoms with E-state index in [0.29, 0.717) is 19.6 Å². The van der Waals surface area contributed by atoms with E-state index in [1.165, 1.54) is 12.0 Å². The van der Waals surface area contributed by atoms with E-state index in [-0.39, 0.29) is 6.54 Å². The van der Waals surface area contributed by atoms with Crippen LogP contribution in [0.15, 0.2) is 0 Å². The summed E-state index contributed by atoms with van der Waals surface area (Å²) in [5.74, 6) is -0.944. The van der Waals surface area contributed by atoms with Crippen molar-refractivity contribution in [2.45, 2.75) is 19.4 Å². The Morgan fingerprint density at radius 1 is 1.50 bits per heavy atom. The molecule has 92 valence electrons. The third-order valence-electron chi connectivity index (χ3n) is 2.60. The second kappa shape index (κ2) is 5.69. The van der Waals surface area contributed by atoms with E-state index in [0.717, 1.165) is 0 Å². The van der Waals surface area contributed by atoms with E-state index in [1.807, 2.05) is 0 Å². The van der Waals surface area contributed by atoms with Crippen LogP contribution in [0.1, 0.15) is 13.3 Å². The lowest BCUT2D eigenvalue weighted by Crippen LogP contribution is -2.49. The molecule has 0 spiro atoms. The van der Waals surface area contributed by atoms with E-state index >= 15 is 0 Å². The highest BCUT2D eigenvalue weighted by Crippen LogP contribution is 2.19. The Labute approximate surface area is 94.1 Å². The van der Waals surface area contributed by atoms with Gasteiger partial charge in [0.15, 0.2) is 0 Å². The third kappa shape index (κ3) is 2.85. The van der Waals surface area contributed by atoms with Crippen LogP contribution in [0.4, 0.5) is 4.79 Å². The molecular formula is C10H17NO5. The van der Waals surface area contributed by atoms with Crippen LogP contribution < -0.4 is 0 Å². The van der Waals surface area contributed by atoms with Gasteiger partial charge in [-0.1, -0.05) is 0 Å². The van der Waals surface area contributed by atoms with Gasteiger partial charge in [-0.15, -0.1) is 0 Å². The SMILES string of the molecule is CCOC(=O)[C@@H]1CCN(C(=O)OC)C[C@@H]1O. The fourth-order valence-corrected chi connectivity index (χ4v) is 1.75. The summed E-state index contributed by atoms with van der Waals surface area (Å²) in [6.07, 6.45) is -0.969. The topological polar surface area (TPSA) is 76.1 Å². The molecule has 1 amide bonds. The van der Waals surface area contributed by atoms with Gasteiger partial charge in [-0.05, 0) is 13.3 Å². The summed E-state index contributed by atoms with van der Waals surface area (Å²) in [6, 6.07) is 0. The fourth-order valence-electron chi connectivity index (χ4n) is 1.75.